The lowest BCUT2D eigenvalue weighted by Crippen LogP contribution is -2.24. The first-order valence-electron chi connectivity index (χ1n) is 7.78. The highest BCUT2D eigenvalue weighted by Crippen LogP contribution is 2.30. The molecule has 6 nitrogen and oxygen atoms in total. The van der Waals surface area contributed by atoms with Crippen LogP contribution in [0.25, 0.3) is 11.4 Å². The fourth-order valence-corrected chi connectivity index (χ4v) is 3.50. The summed E-state index contributed by atoms with van der Waals surface area (Å²) >= 11 is 0. The minimum absolute atomic E-state index is 0.167. The summed E-state index contributed by atoms with van der Waals surface area (Å²) in [7, 11) is -2.44. The number of pyridine rings is 1. The maximum Gasteiger partial charge on any atom is 0.416 e. The monoisotopic (exact) mass is 396 g/mol. The van der Waals surface area contributed by atoms with Crippen LogP contribution in [0.2, 0.25) is 0 Å². The largest absolute Gasteiger partial charge is 0.416 e. The first-order chi connectivity index (χ1) is 12.7. The molecule has 3 aromatic rings. The van der Waals surface area contributed by atoms with Gasteiger partial charge in [-0.05, 0) is 36.4 Å². The summed E-state index contributed by atoms with van der Waals surface area (Å²) in [5.74, 6) is 0. The zero-order valence-electron chi connectivity index (χ0n) is 14.1. The van der Waals surface area contributed by atoms with Crippen molar-refractivity contribution in [3.05, 3.63) is 66.0 Å². The van der Waals surface area contributed by atoms with E-state index in [4.69, 9.17) is 0 Å². The second-order valence-electron chi connectivity index (χ2n) is 5.71. The van der Waals surface area contributed by atoms with Crippen LogP contribution in [0.5, 0.6) is 0 Å². The van der Waals surface area contributed by atoms with Crippen molar-refractivity contribution >= 4 is 10.0 Å². The van der Waals surface area contributed by atoms with Gasteiger partial charge < -0.3 is 0 Å². The van der Waals surface area contributed by atoms with Crippen LogP contribution in [0.1, 0.15) is 11.3 Å². The normalized spacial score (nSPS) is 12.3. The lowest BCUT2D eigenvalue weighted by atomic mass is 10.2. The number of aryl methyl sites for hydroxylation is 1. The molecule has 2 aromatic heterocycles. The van der Waals surface area contributed by atoms with Gasteiger partial charge in [-0.2, -0.15) is 18.3 Å². The highest BCUT2D eigenvalue weighted by molar-refractivity contribution is 7.89. The molecular formula is C17H15F3N4O2S. The molecule has 0 saturated heterocycles. The predicted molar refractivity (Wildman–Crippen MR) is 91.9 cm³/mol. The quantitative estimate of drug-likeness (QED) is 0.719. The van der Waals surface area contributed by atoms with E-state index in [1.54, 1.807) is 36.1 Å². The topological polar surface area (TPSA) is 76.9 Å². The summed E-state index contributed by atoms with van der Waals surface area (Å²) in [5, 5.41) is 4.21. The number of hydrogen-bond acceptors (Lipinski definition) is 4. The zero-order valence-corrected chi connectivity index (χ0v) is 14.9. The number of nitrogens with one attached hydrogen (secondary N) is 1. The molecule has 2 heterocycles. The average Bonchev–Trinajstić information content (AvgIpc) is 3.01. The van der Waals surface area contributed by atoms with E-state index in [1.165, 1.54) is 0 Å². The molecular weight excluding hydrogens is 381 g/mol. The Morgan fingerprint density at radius 2 is 1.89 bits per heavy atom. The van der Waals surface area contributed by atoms with Crippen LogP contribution in [-0.2, 0) is 29.8 Å². The van der Waals surface area contributed by atoms with E-state index in [2.05, 4.69) is 14.8 Å². The van der Waals surface area contributed by atoms with Gasteiger partial charge in [0.25, 0.3) is 0 Å². The molecule has 0 amide bonds. The number of hydrogen-bond donors (Lipinski definition) is 1. The van der Waals surface area contributed by atoms with Gasteiger partial charge in [-0.25, -0.2) is 13.1 Å². The second-order valence-corrected chi connectivity index (χ2v) is 7.48. The van der Waals surface area contributed by atoms with Crippen molar-refractivity contribution in [3.63, 3.8) is 0 Å². The standard InChI is InChI=1S/C17H15F3N4O2S/c1-24-16(15-7-2-3-8-21-15)10-13(23-24)11-22-27(25,26)14-6-4-5-12(9-14)17(18,19)20/h2-10,22H,11H2,1H3. The third-order valence-electron chi connectivity index (χ3n) is 3.77. The molecule has 0 aliphatic carbocycles. The maximum atomic E-state index is 12.8. The van der Waals surface area contributed by atoms with Gasteiger partial charge in [-0.3, -0.25) is 9.67 Å². The minimum Gasteiger partial charge on any atom is -0.266 e. The minimum atomic E-state index is -4.62. The third kappa shape index (κ3) is 4.34. The molecule has 0 atom stereocenters. The first-order valence-corrected chi connectivity index (χ1v) is 9.26. The number of halogens is 3. The van der Waals surface area contributed by atoms with Gasteiger partial charge in [-0.15, -0.1) is 0 Å². The van der Waals surface area contributed by atoms with E-state index < -0.39 is 26.7 Å². The Hall–Kier alpha value is -2.72. The Balaban J connectivity index is 1.79. The summed E-state index contributed by atoms with van der Waals surface area (Å²) in [4.78, 5) is 3.75. The number of nitrogens with zero attached hydrogens (tertiary/aromatic N) is 3. The van der Waals surface area contributed by atoms with Crippen LogP contribution in [-0.4, -0.2) is 23.2 Å². The molecule has 0 spiro atoms. The van der Waals surface area contributed by atoms with Crippen LogP contribution in [0.15, 0.2) is 59.6 Å². The van der Waals surface area contributed by atoms with Gasteiger partial charge in [0.2, 0.25) is 10.0 Å². The SMILES string of the molecule is Cn1nc(CNS(=O)(=O)c2cccc(C(F)(F)F)c2)cc1-c1ccccn1. The molecule has 142 valence electrons. The lowest BCUT2D eigenvalue weighted by Gasteiger charge is -2.09. The summed E-state index contributed by atoms with van der Waals surface area (Å²) in [6, 6.07) is 10.6. The Labute approximate surface area is 153 Å². The molecule has 1 aromatic carbocycles. The number of alkyl halides is 3. The van der Waals surface area contributed by atoms with E-state index in [0.717, 1.165) is 18.2 Å². The van der Waals surface area contributed by atoms with Crippen LogP contribution in [0, 0.1) is 0 Å². The molecule has 0 radical (unpaired) electrons. The number of benzene rings is 1. The smallest absolute Gasteiger partial charge is 0.266 e. The molecule has 0 unspecified atom stereocenters. The molecule has 3 rings (SSSR count). The van der Waals surface area contributed by atoms with E-state index in [9.17, 15) is 21.6 Å². The van der Waals surface area contributed by atoms with Crippen LogP contribution in [0.3, 0.4) is 0 Å². The molecule has 27 heavy (non-hydrogen) atoms. The van der Waals surface area contributed by atoms with E-state index in [1.807, 2.05) is 6.07 Å². The van der Waals surface area contributed by atoms with Crippen molar-refractivity contribution < 1.29 is 21.6 Å². The summed E-state index contributed by atoms with van der Waals surface area (Å²) in [5.41, 5.74) is 0.734. The van der Waals surface area contributed by atoms with Crippen LogP contribution < -0.4 is 4.72 Å². The maximum absolute atomic E-state index is 12.8. The van der Waals surface area contributed by atoms with Gasteiger partial charge in [0.05, 0.1) is 34.1 Å². The fraction of sp³-hybridized carbons (Fsp3) is 0.176. The Morgan fingerprint density at radius 1 is 1.11 bits per heavy atom. The van der Waals surface area contributed by atoms with Crippen molar-refractivity contribution in [2.24, 2.45) is 7.05 Å². The summed E-state index contributed by atoms with van der Waals surface area (Å²) in [6.45, 7) is -0.167. The van der Waals surface area contributed by atoms with E-state index >= 15 is 0 Å². The van der Waals surface area contributed by atoms with Gasteiger partial charge in [-0.1, -0.05) is 12.1 Å². The van der Waals surface area contributed by atoms with Crippen molar-refractivity contribution in [3.8, 4) is 11.4 Å². The van der Waals surface area contributed by atoms with Crippen molar-refractivity contribution in [2.75, 3.05) is 0 Å². The number of rotatable bonds is 5. The average molecular weight is 396 g/mol. The Bertz CT molecular complexity index is 1050. The van der Waals surface area contributed by atoms with Gasteiger partial charge in [0.15, 0.2) is 0 Å². The number of sulfonamides is 1. The molecule has 0 aliphatic rings. The second kappa shape index (κ2) is 7.12. The summed E-state index contributed by atoms with van der Waals surface area (Å²) in [6.07, 6.45) is -3.00. The third-order valence-corrected chi connectivity index (χ3v) is 5.17. The zero-order chi connectivity index (χ0) is 19.7. The number of aromatic nitrogens is 3. The van der Waals surface area contributed by atoms with Gasteiger partial charge >= 0.3 is 6.18 Å². The van der Waals surface area contributed by atoms with Gasteiger partial charge in [0, 0.05) is 13.2 Å². The highest BCUT2D eigenvalue weighted by Gasteiger charge is 2.31. The van der Waals surface area contributed by atoms with Crippen molar-refractivity contribution in [2.45, 2.75) is 17.6 Å². The van der Waals surface area contributed by atoms with E-state index in [0.29, 0.717) is 23.1 Å². The van der Waals surface area contributed by atoms with Crippen molar-refractivity contribution in [1.82, 2.24) is 19.5 Å². The summed E-state index contributed by atoms with van der Waals surface area (Å²) < 4.78 is 66.8. The van der Waals surface area contributed by atoms with Crippen LogP contribution >= 0.6 is 0 Å². The first kappa shape index (κ1) is 19.1. The highest BCUT2D eigenvalue weighted by atomic mass is 32.2. The lowest BCUT2D eigenvalue weighted by molar-refractivity contribution is -0.137. The predicted octanol–water partition coefficient (Wildman–Crippen LogP) is 2.98. The molecule has 0 saturated carbocycles. The Morgan fingerprint density at radius 3 is 2.56 bits per heavy atom. The molecule has 0 bridgehead atoms. The molecule has 0 fully saturated rings. The van der Waals surface area contributed by atoms with Gasteiger partial charge in [0.1, 0.15) is 0 Å². The van der Waals surface area contributed by atoms with E-state index in [-0.39, 0.29) is 6.54 Å². The van der Waals surface area contributed by atoms with Crippen LogP contribution in [0.4, 0.5) is 13.2 Å². The van der Waals surface area contributed by atoms with Crippen molar-refractivity contribution in [1.29, 1.82) is 0 Å². The fourth-order valence-electron chi connectivity index (χ4n) is 2.46. The molecule has 10 heteroatoms. The molecule has 1 N–H and O–H groups in total. The molecule has 0 aliphatic heterocycles. The Kier molecular flexibility index (Phi) is 5.03.